The average Bonchev–Trinajstić information content (AvgIpc) is 2.44. The van der Waals surface area contributed by atoms with Gasteiger partial charge in [0.1, 0.15) is 0 Å². The fourth-order valence-corrected chi connectivity index (χ4v) is 2.55. The lowest BCUT2D eigenvalue weighted by atomic mass is 10.1. The molecule has 2 aromatic carbocycles. The SMILES string of the molecule is FC(F)(F)c1ccccc1NC(=S)Nc1cc(Cl)c(Cl)cc1Cl. The molecular formula is C14H8Cl3F3N2S. The first-order chi connectivity index (χ1) is 10.7. The molecule has 0 bridgehead atoms. The van der Waals surface area contributed by atoms with Gasteiger partial charge in [-0.1, -0.05) is 46.9 Å². The molecule has 0 heterocycles. The Bertz CT molecular complexity index is 751. The summed E-state index contributed by atoms with van der Waals surface area (Å²) in [6.45, 7) is 0. The van der Waals surface area contributed by atoms with Gasteiger partial charge in [0.2, 0.25) is 0 Å². The molecule has 122 valence electrons. The van der Waals surface area contributed by atoms with Crippen molar-refractivity contribution in [2.45, 2.75) is 6.18 Å². The molecule has 0 amide bonds. The number of thiocarbonyl (C=S) groups is 1. The van der Waals surface area contributed by atoms with Gasteiger partial charge in [-0.05, 0) is 36.5 Å². The minimum atomic E-state index is -4.50. The van der Waals surface area contributed by atoms with Gasteiger partial charge in [0.25, 0.3) is 0 Å². The van der Waals surface area contributed by atoms with Crippen molar-refractivity contribution in [2.75, 3.05) is 10.6 Å². The quantitative estimate of drug-likeness (QED) is 0.447. The van der Waals surface area contributed by atoms with E-state index in [-0.39, 0.29) is 25.9 Å². The number of alkyl halides is 3. The van der Waals surface area contributed by atoms with Gasteiger partial charge in [0.15, 0.2) is 5.11 Å². The van der Waals surface area contributed by atoms with Crippen LogP contribution in [0.25, 0.3) is 0 Å². The smallest absolute Gasteiger partial charge is 0.332 e. The summed E-state index contributed by atoms with van der Waals surface area (Å²) >= 11 is 22.7. The van der Waals surface area contributed by atoms with Crippen LogP contribution in [-0.4, -0.2) is 5.11 Å². The second kappa shape index (κ2) is 7.13. The minimum Gasteiger partial charge on any atom is -0.332 e. The van der Waals surface area contributed by atoms with E-state index < -0.39 is 11.7 Å². The highest BCUT2D eigenvalue weighted by atomic mass is 35.5. The Morgan fingerprint density at radius 3 is 2.09 bits per heavy atom. The van der Waals surface area contributed by atoms with Crippen molar-refractivity contribution >= 4 is 63.5 Å². The number of anilines is 2. The molecule has 0 aliphatic rings. The molecule has 2 rings (SSSR count). The Morgan fingerprint density at radius 2 is 1.43 bits per heavy atom. The van der Waals surface area contributed by atoms with Crippen LogP contribution in [0.5, 0.6) is 0 Å². The Balaban J connectivity index is 2.20. The second-order valence-electron chi connectivity index (χ2n) is 4.37. The van der Waals surface area contributed by atoms with Crippen molar-refractivity contribution in [1.82, 2.24) is 0 Å². The third kappa shape index (κ3) is 4.64. The molecule has 0 aromatic heterocycles. The van der Waals surface area contributed by atoms with Crippen LogP contribution < -0.4 is 10.6 Å². The van der Waals surface area contributed by atoms with E-state index in [0.29, 0.717) is 5.69 Å². The molecule has 2 N–H and O–H groups in total. The number of rotatable bonds is 2. The molecule has 0 spiro atoms. The predicted octanol–water partition coefficient (Wildman–Crippen LogP) is 6.47. The summed E-state index contributed by atoms with van der Waals surface area (Å²) in [5, 5.41) is 5.82. The highest BCUT2D eigenvalue weighted by Gasteiger charge is 2.33. The number of hydrogen-bond donors (Lipinski definition) is 2. The lowest BCUT2D eigenvalue weighted by Crippen LogP contribution is -2.21. The van der Waals surface area contributed by atoms with E-state index in [1.54, 1.807) is 0 Å². The number of halogens is 6. The van der Waals surface area contributed by atoms with E-state index >= 15 is 0 Å². The molecule has 0 saturated carbocycles. The zero-order valence-corrected chi connectivity index (χ0v) is 14.2. The Morgan fingerprint density at radius 1 is 0.870 bits per heavy atom. The third-order valence-electron chi connectivity index (χ3n) is 2.74. The molecule has 2 nitrogen and oxygen atoms in total. The van der Waals surface area contributed by atoms with Crippen molar-refractivity contribution in [1.29, 1.82) is 0 Å². The first-order valence-corrected chi connectivity index (χ1v) is 7.61. The van der Waals surface area contributed by atoms with Crippen LogP contribution >= 0.6 is 47.0 Å². The average molecular weight is 400 g/mol. The molecule has 0 atom stereocenters. The summed E-state index contributed by atoms with van der Waals surface area (Å²) < 4.78 is 38.8. The van der Waals surface area contributed by atoms with Crippen molar-refractivity contribution in [3.8, 4) is 0 Å². The molecule has 0 aliphatic carbocycles. The van der Waals surface area contributed by atoms with E-state index in [1.807, 2.05) is 0 Å². The monoisotopic (exact) mass is 398 g/mol. The van der Waals surface area contributed by atoms with Gasteiger partial charge < -0.3 is 10.6 Å². The van der Waals surface area contributed by atoms with Gasteiger partial charge in [0, 0.05) is 0 Å². The normalized spacial score (nSPS) is 11.2. The molecular weight excluding hydrogens is 392 g/mol. The summed E-state index contributed by atoms with van der Waals surface area (Å²) in [4.78, 5) is 0. The number of para-hydroxylation sites is 1. The van der Waals surface area contributed by atoms with E-state index in [1.165, 1.54) is 30.3 Å². The van der Waals surface area contributed by atoms with Crippen LogP contribution in [0, 0.1) is 0 Å². The Hall–Kier alpha value is -1.21. The van der Waals surface area contributed by atoms with Crippen molar-refractivity contribution in [3.05, 3.63) is 57.0 Å². The van der Waals surface area contributed by atoms with Crippen LogP contribution in [0.3, 0.4) is 0 Å². The molecule has 0 unspecified atom stereocenters. The maximum Gasteiger partial charge on any atom is 0.418 e. The zero-order valence-electron chi connectivity index (χ0n) is 11.1. The maximum atomic E-state index is 12.9. The lowest BCUT2D eigenvalue weighted by Gasteiger charge is -2.16. The van der Waals surface area contributed by atoms with Gasteiger partial charge in [0.05, 0.1) is 32.0 Å². The summed E-state index contributed by atoms with van der Waals surface area (Å²) in [6.07, 6.45) is -4.50. The molecule has 9 heteroatoms. The summed E-state index contributed by atoms with van der Waals surface area (Å²) in [5.41, 5.74) is -0.680. The van der Waals surface area contributed by atoms with Gasteiger partial charge >= 0.3 is 6.18 Å². The maximum absolute atomic E-state index is 12.9. The van der Waals surface area contributed by atoms with E-state index in [9.17, 15) is 13.2 Å². The number of benzene rings is 2. The molecule has 0 aliphatic heterocycles. The Labute approximate surface area is 150 Å². The third-order valence-corrected chi connectivity index (χ3v) is 3.98. The highest BCUT2D eigenvalue weighted by molar-refractivity contribution is 7.80. The number of nitrogens with one attached hydrogen (secondary N) is 2. The first-order valence-electron chi connectivity index (χ1n) is 6.07. The summed E-state index contributed by atoms with van der Waals surface area (Å²) in [7, 11) is 0. The first kappa shape index (κ1) is 18.1. The van der Waals surface area contributed by atoms with Crippen LogP contribution in [0.2, 0.25) is 15.1 Å². The minimum absolute atomic E-state index is 0.0676. The van der Waals surface area contributed by atoms with Crippen molar-refractivity contribution < 1.29 is 13.2 Å². The number of hydrogen-bond acceptors (Lipinski definition) is 1. The fourth-order valence-electron chi connectivity index (χ4n) is 1.73. The van der Waals surface area contributed by atoms with Crippen LogP contribution in [0.15, 0.2) is 36.4 Å². The second-order valence-corrected chi connectivity index (χ2v) is 6.00. The molecule has 23 heavy (non-hydrogen) atoms. The summed E-state index contributed by atoms with van der Waals surface area (Å²) in [6, 6.07) is 7.81. The van der Waals surface area contributed by atoms with Crippen molar-refractivity contribution in [2.24, 2.45) is 0 Å². The highest BCUT2D eigenvalue weighted by Crippen LogP contribution is 2.35. The molecule has 2 aromatic rings. The standard InChI is InChI=1S/C14H8Cl3F3N2S/c15-8-5-10(17)12(6-9(8)16)22-13(23)21-11-4-2-1-3-7(11)14(18,19)20/h1-6H,(H2,21,22,23). The van der Waals surface area contributed by atoms with E-state index in [0.717, 1.165) is 6.07 Å². The largest absolute Gasteiger partial charge is 0.418 e. The van der Waals surface area contributed by atoms with Gasteiger partial charge in [-0.15, -0.1) is 0 Å². The fraction of sp³-hybridized carbons (Fsp3) is 0.0714. The Kier molecular flexibility index (Phi) is 5.62. The van der Waals surface area contributed by atoms with Gasteiger partial charge in [-0.3, -0.25) is 0 Å². The topological polar surface area (TPSA) is 24.1 Å². The molecule has 0 fully saturated rings. The molecule has 0 saturated heterocycles. The van der Waals surface area contributed by atoms with Gasteiger partial charge in [-0.25, -0.2) is 0 Å². The van der Waals surface area contributed by atoms with Crippen LogP contribution in [-0.2, 0) is 6.18 Å². The van der Waals surface area contributed by atoms with Crippen molar-refractivity contribution in [3.63, 3.8) is 0 Å². The summed E-state index contributed by atoms with van der Waals surface area (Å²) in [5.74, 6) is 0. The van der Waals surface area contributed by atoms with E-state index in [2.05, 4.69) is 10.6 Å². The van der Waals surface area contributed by atoms with E-state index in [4.69, 9.17) is 47.0 Å². The predicted molar refractivity (Wildman–Crippen MR) is 92.8 cm³/mol. The zero-order chi connectivity index (χ0) is 17.2. The van der Waals surface area contributed by atoms with Crippen LogP contribution in [0.4, 0.5) is 24.5 Å². The molecule has 0 radical (unpaired) electrons. The van der Waals surface area contributed by atoms with Crippen LogP contribution in [0.1, 0.15) is 5.56 Å². The lowest BCUT2D eigenvalue weighted by molar-refractivity contribution is -0.136. The van der Waals surface area contributed by atoms with Gasteiger partial charge in [-0.2, -0.15) is 13.2 Å².